The number of piperidine rings is 2. The molecule has 4 saturated heterocycles. The molecule has 8 amide bonds. The summed E-state index contributed by atoms with van der Waals surface area (Å²) in [5.41, 5.74) is -4.01. The Bertz CT molecular complexity index is 2190. The van der Waals surface area contributed by atoms with E-state index in [1.54, 1.807) is 34.1 Å². The number of ether oxygens (including phenoxy) is 4. The van der Waals surface area contributed by atoms with E-state index in [0.29, 0.717) is 11.5 Å². The number of nitrogens with zero attached hydrogens (tertiary/aromatic N) is 4. The lowest BCUT2D eigenvalue weighted by Crippen LogP contribution is -2.70. The molecule has 4 fully saturated rings. The third-order valence-corrected chi connectivity index (χ3v) is 13.9. The van der Waals surface area contributed by atoms with Crippen molar-refractivity contribution in [2.75, 3.05) is 26.3 Å². The van der Waals surface area contributed by atoms with Gasteiger partial charge in [-0.15, -0.1) is 0 Å². The molecular weight excluding hydrogens is 889 g/mol. The highest BCUT2D eigenvalue weighted by atomic mass is 16.6. The number of benzene rings is 2. The molecule has 2 spiro atoms. The second-order valence-corrected chi connectivity index (χ2v) is 22.3. The zero-order chi connectivity index (χ0) is 51.4. The number of amides is 8. The van der Waals surface area contributed by atoms with Crippen LogP contribution in [0, 0.1) is 0 Å². The fourth-order valence-corrected chi connectivity index (χ4v) is 12.5. The number of carbonyl (C=O) groups excluding carboxylic acids is 8. The minimum atomic E-state index is -1.24. The van der Waals surface area contributed by atoms with Gasteiger partial charge in [0.2, 0.25) is 11.8 Å². The van der Waals surface area contributed by atoms with Crippen LogP contribution in [0.4, 0.5) is 9.59 Å². The number of esters is 2. The number of rotatable bonds is 14. The maximum absolute atomic E-state index is 14.1. The standard InChI is InChI=1S/C51H70N6O12/c1-31(58)56-45(5,6)27-50(28-46(56,7)8)41(62)54(43(64)52-50)23-39(68-33(3)60)25-66-37-19-15-35(16-20-37)49(13,14)36-17-21-38(22-18-36)67-26-40(69-34(4)61)24-55-42(63)51(53-44(55)65)29-47(9,10)57(32(2)59)48(11,12)30-51/h15-22,39-40H,23-30H2,1-14H3,(H,52,64)(H,53,65). The average Bonchev–Trinajstić information content (AvgIpc) is 3.53. The first-order valence-electron chi connectivity index (χ1n) is 23.5. The molecule has 6 rings (SSSR count). The quantitative estimate of drug-likeness (QED) is 0.175. The molecule has 2 aromatic carbocycles. The van der Waals surface area contributed by atoms with Crippen LogP contribution in [-0.2, 0) is 43.7 Å². The molecule has 0 radical (unpaired) electrons. The van der Waals surface area contributed by atoms with Crippen LogP contribution in [0.5, 0.6) is 11.5 Å². The number of hydrogen-bond acceptors (Lipinski definition) is 12. The van der Waals surface area contributed by atoms with E-state index >= 15 is 0 Å². The number of carbonyl (C=O) groups is 8. The predicted octanol–water partition coefficient (Wildman–Crippen LogP) is 5.61. The van der Waals surface area contributed by atoms with E-state index in [0.717, 1.165) is 20.9 Å². The second-order valence-electron chi connectivity index (χ2n) is 22.3. The van der Waals surface area contributed by atoms with Crippen LogP contribution >= 0.6 is 0 Å². The first-order chi connectivity index (χ1) is 31.8. The Hall–Kier alpha value is -6.20. The van der Waals surface area contributed by atoms with Crippen LogP contribution in [0.25, 0.3) is 0 Å². The van der Waals surface area contributed by atoms with Gasteiger partial charge in [0, 0.05) is 80.9 Å². The van der Waals surface area contributed by atoms with Crippen molar-refractivity contribution >= 4 is 47.6 Å². The molecule has 0 aliphatic carbocycles. The topological polar surface area (TPSA) is 210 Å². The maximum atomic E-state index is 14.1. The molecular formula is C51H70N6O12. The third kappa shape index (κ3) is 10.4. The summed E-state index contributed by atoms with van der Waals surface area (Å²) in [7, 11) is 0. The number of hydrogen-bond donors (Lipinski definition) is 2. The summed E-state index contributed by atoms with van der Waals surface area (Å²) in [6.07, 6.45) is -1.07. The van der Waals surface area contributed by atoms with Crippen molar-refractivity contribution in [2.45, 2.75) is 173 Å². The minimum Gasteiger partial charge on any atom is -0.490 e. The molecule has 18 heteroatoms. The van der Waals surface area contributed by atoms with Crippen molar-refractivity contribution in [3.05, 3.63) is 59.7 Å². The van der Waals surface area contributed by atoms with Gasteiger partial charge in [0.1, 0.15) is 35.8 Å². The van der Waals surface area contributed by atoms with Crippen molar-refractivity contribution in [1.82, 2.24) is 30.2 Å². The van der Waals surface area contributed by atoms with E-state index in [9.17, 15) is 38.4 Å². The molecule has 69 heavy (non-hydrogen) atoms. The summed E-state index contributed by atoms with van der Waals surface area (Å²) in [6.45, 7) is 23.9. The van der Waals surface area contributed by atoms with Crippen LogP contribution in [0.3, 0.4) is 0 Å². The normalized spacial score (nSPS) is 21.7. The largest absolute Gasteiger partial charge is 0.490 e. The zero-order valence-electron chi connectivity index (χ0n) is 42.6. The lowest BCUT2D eigenvalue weighted by molar-refractivity contribution is -0.158. The molecule has 2 atom stereocenters. The van der Waals surface area contributed by atoms with Gasteiger partial charge in [-0.25, -0.2) is 9.59 Å². The van der Waals surface area contributed by atoms with E-state index in [1.807, 2.05) is 79.7 Å². The Morgan fingerprint density at radius 1 is 0.536 bits per heavy atom. The molecule has 2 unspecified atom stereocenters. The molecule has 18 nitrogen and oxygen atoms in total. The van der Waals surface area contributed by atoms with Gasteiger partial charge in [-0.2, -0.15) is 0 Å². The Balaban J connectivity index is 1.06. The van der Waals surface area contributed by atoms with E-state index in [4.69, 9.17) is 18.9 Å². The third-order valence-electron chi connectivity index (χ3n) is 13.9. The highest BCUT2D eigenvalue weighted by Crippen LogP contribution is 2.48. The number of urea groups is 2. The summed E-state index contributed by atoms with van der Waals surface area (Å²) in [5.74, 6) is -1.38. The van der Waals surface area contributed by atoms with Gasteiger partial charge in [-0.3, -0.25) is 38.6 Å². The van der Waals surface area contributed by atoms with E-state index in [-0.39, 0.29) is 63.8 Å². The molecule has 2 aromatic rings. The van der Waals surface area contributed by atoms with Gasteiger partial charge < -0.3 is 39.4 Å². The minimum absolute atomic E-state index is 0.121. The van der Waals surface area contributed by atoms with E-state index < -0.39 is 86.7 Å². The fraction of sp³-hybridized carbons (Fsp3) is 0.608. The highest BCUT2D eigenvalue weighted by Gasteiger charge is 2.63. The molecule has 4 heterocycles. The van der Waals surface area contributed by atoms with Gasteiger partial charge in [0.05, 0.1) is 13.1 Å². The summed E-state index contributed by atoms with van der Waals surface area (Å²) in [4.78, 5) is 110. The molecule has 4 aliphatic rings. The van der Waals surface area contributed by atoms with Crippen LogP contribution in [0.2, 0.25) is 0 Å². The van der Waals surface area contributed by atoms with Crippen molar-refractivity contribution in [3.63, 3.8) is 0 Å². The molecule has 376 valence electrons. The SMILES string of the molecule is CC(=O)OC(COc1ccc(C(C)(C)c2ccc(OCC(CN3C(=O)NC4(CC(C)(C)N(C(C)=O)C(C)(C)C4)C3=O)OC(C)=O)cc2)cc1)CN1C(=O)NC2(CC(C)(C)N(C(C)=O)C(C)(C)C2)C1=O. The lowest BCUT2D eigenvalue weighted by atomic mass is 9.69. The Labute approximate surface area is 405 Å². The number of nitrogens with one attached hydrogen (secondary N) is 2. The van der Waals surface area contributed by atoms with Crippen LogP contribution in [0.1, 0.15) is 134 Å². The molecule has 2 N–H and O–H groups in total. The maximum Gasteiger partial charge on any atom is 0.325 e. The number of likely N-dealkylation sites (tertiary alicyclic amines) is 2. The van der Waals surface area contributed by atoms with Crippen molar-refractivity contribution in [3.8, 4) is 11.5 Å². The molecule has 4 aliphatic heterocycles. The molecule has 0 saturated carbocycles. The van der Waals surface area contributed by atoms with Gasteiger partial charge in [0.15, 0.2) is 12.2 Å². The summed E-state index contributed by atoms with van der Waals surface area (Å²) < 4.78 is 23.2. The second kappa shape index (κ2) is 18.3. The van der Waals surface area contributed by atoms with E-state index in [2.05, 4.69) is 24.5 Å². The van der Waals surface area contributed by atoms with Crippen LogP contribution in [-0.4, -0.2) is 139 Å². The van der Waals surface area contributed by atoms with Crippen LogP contribution < -0.4 is 20.1 Å². The first kappa shape index (κ1) is 52.2. The summed E-state index contributed by atoms with van der Waals surface area (Å²) in [5, 5.41) is 5.84. The average molecular weight is 959 g/mol. The Kier molecular flexibility index (Phi) is 13.8. The molecule has 0 aromatic heterocycles. The monoisotopic (exact) mass is 959 g/mol. The van der Waals surface area contributed by atoms with Crippen molar-refractivity contribution in [2.24, 2.45) is 0 Å². The summed E-state index contributed by atoms with van der Waals surface area (Å²) in [6, 6.07) is 13.6. The number of imide groups is 2. The Morgan fingerprint density at radius 2 is 0.826 bits per heavy atom. The zero-order valence-corrected chi connectivity index (χ0v) is 42.6. The van der Waals surface area contributed by atoms with Crippen LogP contribution in [0.15, 0.2) is 48.5 Å². The Morgan fingerprint density at radius 3 is 1.09 bits per heavy atom. The smallest absolute Gasteiger partial charge is 0.325 e. The summed E-state index contributed by atoms with van der Waals surface area (Å²) >= 11 is 0. The van der Waals surface area contributed by atoms with Gasteiger partial charge >= 0.3 is 24.0 Å². The first-order valence-corrected chi connectivity index (χ1v) is 23.5. The fourth-order valence-electron chi connectivity index (χ4n) is 12.5. The van der Waals surface area contributed by atoms with Gasteiger partial charge in [-0.05, 0) is 90.8 Å². The molecule has 0 bridgehead atoms. The lowest BCUT2D eigenvalue weighted by Gasteiger charge is -2.57. The highest BCUT2D eigenvalue weighted by molar-refractivity contribution is 6.08. The van der Waals surface area contributed by atoms with Crippen molar-refractivity contribution in [1.29, 1.82) is 0 Å². The van der Waals surface area contributed by atoms with E-state index in [1.165, 1.54) is 27.7 Å². The van der Waals surface area contributed by atoms with Crippen molar-refractivity contribution < 1.29 is 57.3 Å². The predicted molar refractivity (Wildman–Crippen MR) is 253 cm³/mol. The van der Waals surface area contributed by atoms with Gasteiger partial charge in [-0.1, -0.05) is 38.1 Å². The van der Waals surface area contributed by atoms with Gasteiger partial charge in [0.25, 0.3) is 11.8 Å².